The molecule has 0 saturated carbocycles. The molecule has 1 aromatic rings. The van der Waals surface area contributed by atoms with Crippen molar-refractivity contribution in [2.45, 2.75) is 84.6 Å². The Hall–Kier alpha value is -1.83. The molecule has 0 radical (unpaired) electrons. The van der Waals surface area contributed by atoms with Gasteiger partial charge in [-0.3, -0.25) is 28.5 Å². The second-order valence-corrected chi connectivity index (χ2v) is 10.9. The van der Waals surface area contributed by atoms with Gasteiger partial charge in [-0.2, -0.15) is 0 Å². The molecule has 1 fully saturated rings. The highest BCUT2D eigenvalue weighted by Crippen LogP contribution is 2.50. The average molecular weight is 562 g/mol. The van der Waals surface area contributed by atoms with Crippen LogP contribution < -0.4 is 11.2 Å². The van der Waals surface area contributed by atoms with Gasteiger partial charge in [0.05, 0.1) is 19.6 Å². The summed E-state index contributed by atoms with van der Waals surface area (Å²) >= 11 is 0. The first-order valence-corrected chi connectivity index (χ1v) is 13.5. The van der Waals surface area contributed by atoms with E-state index < -0.39 is 56.5 Å². The lowest BCUT2D eigenvalue weighted by Gasteiger charge is -2.38. The van der Waals surface area contributed by atoms with E-state index >= 15 is 0 Å². The van der Waals surface area contributed by atoms with Crippen molar-refractivity contribution in [2.75, 3.05) is 34.2 Å². The number of aryl methyl sites for hydroxylation is 1. The first-order chi connectivity index (χ1) is 17.9. The van der Waals surface area contributed by atoms with Gasteiger partial charge in [-0.15, -0.1) is 0 Å². The molecular formula is C24H40N3O10P. The Morgan fingerprint density at radius 1 is 1.11 bits per heavy atom. The van der Waals surface area contributed by atoms with Crippen molar-refractivity contribution in [1.29, 1.82) is 0 Å². The maximum Gasteiger partial charge on any atom is 0.330 e. The predicted molar refractivity (Wildman–Crippen MR) is 139 cm³/mol. The van der Waals surface area contributed by atoms with Crippen LogP contribution in [0.1, 0.15) is 52.8 Å². The van der Waals surface area contributed by atoms with Crippen molar-refractivity contribution < 1.29 is 37.6 Å². The van der Waals surface area contributed by atoms with E-state index in [0.717, 1.165) is 4.57 Å². The molecule has 2 unspecified atom stereocenters. The summed E-state index contributed by atoms with van der Waals surface area (Å²) in [4.78, 5) is 52.1. The molecule has 1 aliphatic rings. The van der Waals surface area contributed by atoms with Gasteiger partial charge in [0.15, 0.2) is 18.8 Å². The third-order valence-corrected chi connectivity index (χ3v) is 7.74. The van der Waals surface area contributed by atoms with Crippen LogP contribution in [0.5, 0.6) is 0 Å². The van der Waals surface area contributed by atoms with Crippen LogP contribution in [0.2, 0.25) is 0 Å². The molecule has 14 heteroatoms. The zero-order valence-electron chi connectivity index (χ0n) is 23.3. The van der Waals surface area contributed by atoms with Crippen LogP contribution in [0.25, 0.3) is 0 Å². The molecule has 0 aromatic carbocycles. The molecule has 13 nitrogen and oxygen atoms in total. The highest BCUT2D eigenvalue weighted by atomic mass is 31.2. The highest BCUT2D eigenvalue weighted by molar-refractivity contribution is 7.44. The van der Waals surface area contributed by atoms with E-state index in [2.05, 4.69) is 4.98 Å². The second-order valence-electron chi connectivity index (χ2n) is 9.51. The Labute approximate surface area is 223 Å². The summed E-state index contributed by atoms with van der Waals surface area (Å²) in [5.74, 6) is -0.875. The molecule has 0 aliphatic carbocycles. The Morgan fingerprint density at radius 2 is 1.76 bits per heavy atom. The summed E-state index contributed by atoms with van der Waals surface area (Å²) in [7, 11) is 1.18. The fourth-order valence-electron chi connectivity index (χ4n) is 4.13. The summed E-state index contributed by atoms with van der Waals surface area (Å²) in [6.45, 7) is 11.0. The maximum absolute atomic E-state index is 13.2. The van der Waals surface area contributed by atoms with E-state index in [0.29, 0.717) is 0 Å². The van der Waals surface area contributed by atoms with Crippen molar-refractivity contribution in [3.8, 4) is 0 Å². The summed E-state index contributed by atoms with van der Waals surface area (Å²) in [5.41, 5.74) is -1.02. The first kappa shape index (κ1) is 32.4. The SMILES string of the molecule is COCCO[C@H]1C(OP(OCOC)N(C(C)C)C(C)C)[C@@H](C(=O)CC(C)=O)O[C@H]1n1cc(C)c(=O)[nH]c1=O. The molecule has 0 spiro atoms. The number of methoxy groups -OCH3 is 2. The van der Waals surface area contributed by atoms with Crippen LogP contribution in [0.3, 0.4) is 0 Å². The standard InChI is InChI=1S/C24H40N3O10P/c1-14(2)27(15(3)4)38(35-13-33-8)37-20-19(18(29)11-17(6)28)36-23(21(20)34-10-9-32-7)26-12-16(5)22(30)25-24(26)31/h12,14-15,19-21,23H,9-11,13H2,1-8H3,(H,25,30,31)/t19-,20?,21+,23-,38?/m1/s1. The van der Waals surface area contributed by atoms with Crippen LogP contribution in [0, 0.1) is 6.92 Å². The maximum atomic E-state index is 13.2. The lowest BCUT2D eigenvalue weighted by atomic mass is 10.0. The van der Waals surface area contributed by atoms with Crippen LogP contribution in [0.15, 0.2) is 15.8 Å². The topological polar surface area (TPSA) is 148 Å². The molecule has 1 N–H and O–H groups in total. The van der Waals surface area contributed by atoms with Crippen LogP contribution in [-0.4, -0.2) is 90.4 Å². The molecular weight excluding hydrogens is 521 g/mol. The van der Waals surface area contributed by atoms with Gasteiger partial charge in [0.2, 0.25) is 0 Å². The normalized spacial score (nSPS) is 22.5. The highest BCUT2D eigenvalue weighted by Gasteiger charge is 2.52. The monoisotopic (exact) mass is 561 g/mol. The quantitative estimate of drug-likeness (QED) is 0.136. The number of ketones is 2. The van der Waals surface area contributed by atoms with Crippen molar-refractivity contribution in [3.63, 3.8) is 0 Å². The lowest BCUT2D eigenvalue weighted by molar-refractivity contribution is -0.138. The molecule has 38 heavy (non-hydrogen) atoms. The van der Waals surface area contributed by atoms with Gasteiger partial charge in [0.1, 0.15) is 24.1 Å². The van der Waals surface area contributed by atoms with Gasteiger partial charge in [-0.25, -0.2) is 9.46 Å². The van der Waals surface area contributed by atoms with Gasteiger partial charge in [-0.05, 0) is 41.5 Å². The number of ether oxygens (including phenoxy) is 4. The Bertz CT molecular complexity index is 1040. The fourth-order valence-corrected chi connectivity index (χ4v) is 5.82. The van der Waals surface area contributed by atoms with Crippen molar-refractivity contribution in [2.24, 2.45) is 0 Å². The number of Topliss-reactive ketones (excluding diaryl/α,β-unsaturated/α-hetero) is 2. The van der Waals surface area contributed by atoms with E-state index in [1.54, 1.807) is 0 Å². The third kappa shape index (κ3) is 8.33. The summed E-state index contributed by atoms with van der Waals surface area (Å²) < 4.78 is 38.0. The van der Waals surface area contributed by atoms with Crippen molar-refractivity contribution in [1.82, 2.24) is 14.2 Å². The molecule has 1 saturated heterocycles. The zero-order valence-corrected chi connectivity index (χ0v) is 24.2. The predicted octanol–water partition coefficient (Wildman–Crippen LogP) is 1.67. The molecule has 0 bridgehead atoms. The Kier molecular flexibility index (Phi) is 12.9. The summed E-state index contributed by atoms with van der Waals surface area (Å²) in [6, 6.07) is -0.000400. The van der Waals surface area contributed by atoms with Crippen molar-refractivity contribution in [3.05, 3.63) is 32.6 Å². The first-order valence-electron chi connectivity index (χ1n) is 12.4. The molecule has 1 aliphatic heterocycles. The Morgan fingerprint density at radius 3 is 2.32 bits per heavy atom. The minimum absolute atomic E-state index is 0.000200. The number of hydrogen-bond acceptors (Lipinski definition) is 11. The van der Waals surface area contributed by atoms with Crippen molar-refractivity contribution >= 4 is 20.1 Å². The van der Waals surface area contributed by atoms with E-state index in [4.69, 9.17) is 28.0 Å². The minimum Gasteiger partial charge on any atom is -0.382 e. The van der Waals surface area contributed by atoms with Crippen LogP contribution >= 0.6 is 8.53 Å². The van der Waals surface area contributed by atoms with E-state index in [1.165, 1.54) is 34.3 Å². The number of nitrogens with zero attached hydrogens (tertiary/aromatic N) is 2. The third-order valence-electron chi connectivity index (χ3n) is 5.69. The number of rotatable bonds is 16. The molecule has 5 atom stereocenters. The van der Waals surface area contributed by atoms with Gasteiger partial charge < -0.3 is 23.5 Å². The van der Waals surface area contributed by atoms with Gasteiger partial charge >= 0.3 is 5.69 Å². The number of carbonyl (C=O) groups excluding carboxylic acids is 2. The Balaban J connectivity index is 2.61. The van der Waals surface area contributed by atoms with Gasteiger partial charge in [0, 0.05) is 38.1 Å². The number of H-pyrrole nitrogens is 1. The summed E-state index contributed by atoms with van der Waals surface area (Å²) in [6.07, 6.45) is -3.51. The van der Waals surface area contributed by atoms with Crippen LogP contribution in [0.4, 0.5) is 0 Å². The minimum atomic E-state index is -1.81. The van der Waals surface area contributed by atoms with Gasteiger partial charge in [0.25, 0.3) is 14.1 Å². The number of hydrogen-bond donors (Lipinski definition) is 1. The number of nitrogens with one attached hydrogen (secondary N) is 1. The summed E-state index contributed by atoms with van der Waals surface area (Å²) in [5, 5.41) is 0. The molecule has 216 valence electrons. The van der Waals surface area contributed by atoms with Crippen LogP contribution in [-0.2, 0) is 37.6 Å². The zero-order chi connectivity index (χ0) is 28.6. The number of aromatic amines is 1. The van der Waals surface area contributed by atoms with E-state index in [9.17, 15) is 19.2 Å². The number of aromatic nitrogens is 2. The van der Waals surface area contributed by atoms with E-state index in [1.807, 2.05) is 32.4 Å². The lowest BCUT2D eigenvalue weighted by Crippen LogP contribution is -2.43. The smallest absolute Gasteiger partial charge is 0.330 e. The fraction of sp³-hybridized carbons (Fsp3) is 0.750. The van der Waals surface area contributed by atoms with E-state index in [-0.39, 0.29) is 43.4 Å². The molecule has 0 amide bonds. The van der Waals surface area contributed by atoms with Gasteiger partial charge in [-0.1, -0.05) is 0 Å². The molecule has 2 heterocycles. The second kappa shape index (κ2) is 15.1. The molecule has 2 rings (SSSR count). The molecule has 1 aromatic heterocycles. The average Bonchev–Trinajstić information content (AvgIpc) is 3.17. The number of carbonyl (C=O) groups is 2. The largest absolute Gasteiger partial charge is 0.382 e.